The molecule has 2 atom stereocenters. The van der Waals surface area contributed by atoms with E-state index in [1.54, 1.807) is 12.4 Å². The van der Waals surface area contributed by atoms with Gasteiger partial charge < -0.3 is 15.7 Å². The first-order valence-corrected chi connectivity index (χ1v) is 12.4. The van der Waals surface area contributed by atoms with Crippen LogP contribution < -0.4 is 10.6 Å². The van der Waals surface area contributed by atoms with E-state index < -0.39 is 15.6 Å². The lowest BCUT2D eigenvalue weighted by Crippen LogP contribution is -2.42. The molecule has 30 heavy (non-hydrogen) atoms. The van der Waals surface area contributed by atoms with Crippen molar-refractivity contribution in [3.05, 3.63) is 17.4 Å². The van der Waals surface area contributed by atoms with Crippen molar-refractivity contribution in [2.45, 2.75) is 56.7 Å². The summed E-state index contributed by atoms with van der Waals surface area (Å²) in [5.74, 6) is 1.02. The maximum Gasteiger partial charge on any atom is 0.223 e. The second kappa shape index (κ2) is 8.07. The number of fused-ring (bicyclic) bond motifs is 1. The molecule has 2 fully saturated rings. The summed E-state index contributed by atoms with van der Waals surface area (Å²) < 4.78 is 24.9. The third-order valence-corrected chi connectivity index (χ3v) is 7.68. The fraction of sp³-hybridized carbons (Fsp3) is 0.632. The average molecular weight is 455 g/mol. The maximum absolute atomic E-state index is 11.7. The number of aliphatic hydroxyl groups is 1. The number of hydrogen-bond acceptors (Lipinski definition) is 8. The Bertz CT molecular complexity index is 1040. The van der Waals surface area contributed by atoms with Crippen LogP contribution in [0.4, 0.5) is 11.8 Å². The van der Waals surface area contributed by atoms with Crippen LogP contribution >= 0.6 is 11.6 Å². The quantitative estimate of drug-likeness (QED) is 0.629. The Morgan fingerprint density at radius 2 is 1.93 bits per heavy atom. The van der Waals surface area contributed by atoms with Crippen LogP contribution in [-0.4, -0.2) is 69.8 Å². The molecule has 1 saturated heterocycles. The molecular weight excluding hydrogens is 428 g/mol. The fourth-order valence-electron chi connectivity index (χ4n) is 4.22. The molecule has 2 unspecified atom stereocenters. The lowest BCUT2D eigenvalue weighted by Gasteiger charge is -2.30. The number of sulfonamides is 1. The fourth-order valence-corrected chi connectivity index (χ4v) is 5.28. The number of rotatable bonds is 5. The molecule has 0 aromatic carbocycles. The Balaban J connectivity index is 1.54. The van der Waals surface area contributed by atoms with Gasteiger partial charge in [-0.05, 0) is 39.0 Å². The summed E-state index contributed by atoms with van der Waals surface area (Å²) in [5.41, 5.74) is -0.203. The van der Waals surface area contributed by atoms with Crippen molar-refractivity contribution >= 4 is 44.3 Å². The van der Waals surface area contributed by atoms with E-state index in [4.69, 9.17) is 11.6 Å². The Hall–Kier alpha value is -1.75. The molecule has 3 heterocycles. The van der Waals surface area contributed by atoms with Gasteiger partial charge in [0.25, 0.3) is 0 Å². The van der Waals surface area contributed by atoms with Gasteiger partial charge in [-0.3, -0.25) is 0 Å². The number of piperidine rings is 1. The molecule has 0 amide bonds. The van der Waals surface area contributed by atoms with E-state index in [9.17, 15) is 13.5 Å². The molecule has 1 saturated carbocycles. The van der Waals surface area contributed by atoms with Crippen molar-refractivity contribution in [2.75, 3.05) is 30.0 Å². The molecule has 1 aliphatic heterocycles. The van der Waals surface area contributed by atoms with Gasteiger partial charge in [0.05, 0.1) is 22.9 Å². The van der Waals surface area contributed by atoms with Crippen LogP contribution in [0.15, 0.2) is 12.4 Å². The summed E-state index contributed by atoms with van der Waals surface area (Å²) in [4.78, 5) is 13.4. The summed E-state index contributed by atoms with van der Waals surface area (Å²) in [6.45, 7) is 2.78. The van der Waals surface area contributed by atoms with Crippen molar-refractivity contribution in [1.29, 1.82) is 0 Å². The molecule has 0 radical (unpaired) electrons. The molecule has 4 rings (SSSR count). The summed E-state index contributed by atoms with van der Waals surface area (Å²) in [6.07, 6.45) is 8.37. The highest BCUT2D eigenvalue weighted by Gasteiger charge is 2.37. The van der Waals surface area contributed by atoms with Gasteiger partial charge in [0, 0.05) is 36.9 Å². The number of nitrogens with zero attached hydrogens (tertiary/aromatic N) is 4. The van der Waals surface area contributed by atoms with Crippen LogP contribution in [0.25, 0.3) is 10.9 Å². The number of hydrogen-bond donors (Lipinski definition) is 3. The number of halogens is 1. The zero-order chi connectivity index (χ0) is 21.5. The second-order valence-electron chi connectivity index (χ2n) is 8.44. The molecule has 1 aliphatic carbocycles. The van der Waals surface area contributed by atoms with Gasteiger partial charge in [-0.2, -0.15) is 0 Å². The first kappa shape index (κ1) is 21.5. The van der Waals surface area contributed by atoms with Crippen LogP contribution in [0.1, 0.15) is 39.0 Å². The largest absolute Gasteiger partial charge is 0.388 e. The zero-order valence-electron chi connectivity index (χ0n) is 17.1. The topological polar surface area (TPSA) is 120 Å². The van der Waals surface area contributed by atoms with Gasteiger partial charge in [0.2, 0.25) is 16.0 Å². The van der Waals surface area contributed by atoms with Crippen molar-refractivity contribution in [2.24, 2.45) is 0 Å². The van der Waals surface area contributed by atoms with Crippen molar-refractivity contribution in [3.8, 4) is 0 Å². The van der Waals surface area contributed by atoms with E-state index in [-0.39, 0.29) is 12.1 Å². The van der Waals surface area contributed by atoms with E-state index >= 15 is 0 Å². The first-order chi connectivity index (χ1) is 14.1. The Morgan fingerprint density at radius 3 is 2.57 bits per heavy atom. The highest BCUT2D eigenvalue weighted by Crippen LogP contribution is 2.34. The standard InChI is InChI=1S/C19H27ClN6O3S/c1-19(27)7-3-4-15(19)24-17-16-13(14(20)11-21-17)10-22-18(25-16)23-12-5-8-26(9-6-12)30(2,28)29/h10-12,15,27H,3-9H2,1-2H3,(H,21,24)(H,22,23,25). The van der Waals surface area contributed by atoms with Gasteiger partial charge in [0.15, 0.2) is 5.82 Å². The Kier molecular flexibility index (Phi) is 5.78. The number of aromatic nitrogens is 3. The predicted octanol–water partition coefficient (Wildman–Crippen LogP) is 2.23. The summed E-state index contributed by atoms with van der Waals surface area (Å²) >= 11 is 6.30. The van der Waals surface area contributed by atoms with Gasteiger partial charge >= 0.3 is 0 Å². The minimum Gasteiger partial charge on any atom is -0.388 e. The Labute approximate surface area is 181 Å². The van der Waals surface area contributed by atoms with Crippen LogP contribution in [0.5, 0.6) is 0 Å². The van der Waals surface area contributed by atoms with E-state index in [1.165, 1.54) is 10.6 Å². The van der Waals surface area contributed by atoms with Crippen molar-refractivity contribution in [1.82, 2.24) is 19.3 Å². The van der Waals surface area contributed by atoms with Crippen LogP contribution in [0, 0.1) is 0 Å². The lowest BCUT2D eigenvalue weighted by atomic mass is 10.0. The number of pyridine rings is 1. The minimum absolute atomic E-state index is 0.0829. The minimum atomic E-state index is -3.16. The highest BCUT2D eigenvalue weighted by molar-refractivity contribution is 7.88. The smallest absolute Gasteiger partial charge is 0.223 e. The van der Waals surface area contributed by atoms with E-state index in [0.29, 0.717) is 53.6 Å². The molecule has 2 aliphatic rings. The summed E-state index contributed by atoms with van der Waals surface area (Å²) in [5, 5.41) is 18.4. The number of nitrogens with one attached hydrogen (secondary N) is 2. The number of anilines is 2. The molecule has 2 aromatic rings. The summed E-state index contributed by atoms with van der Waals surface area (Å²) in [6, 6.07) is -0.0272. The van der Waals surface area contributed by atoms with Crippen molar-refractivity contribution < 1.29 is 13.5 Å². The zero-order valence-corrected chi connectivity index (χ0v) is 18.7. The van der Waals surface area contributed by atoms with Crippen molar-refractivity contribution in [3.63, 3.8) is 0 Å². The molecule has 0 bridgehead atoms. The van der Waals surface area contributed by atoms with Gasteiger partial charge in [-0.25, -0.2) is 27.7 Å². The summed E-state index contributed by atoms with van der Waals surface area (Å²) in [7, 11) is -3.16. The van der Waals surface area contributed by atoms with E-state index in [1.807, 2.05) is 6.92 Å². The lowest BCUT2D eigenvalue weighted by molar-refractivity contribution is 0.0578. The normalized spacial score (nSPS) is 26.2. The van der Waals surface area contributed by atoms with Gasteiger partial charge in [0.1, 0.15) is 5.52 Å². The predicted molar refractivity (Wildman–Crippen MR) is 117 cm³/mol. The van der Waals surface area contributed by atoms with Gasteiger partial charge in [-0.1, -0.05) is 11.6 Å². The SMILES string of the molecule is CC1(O)CCCC1Nc1ncc(Cl)c2cnc(NC3CCN(S(C)(=O)=O)CC3)nc12. The van der Waals surface area contributed by atoms with E-state index in [2.05, 4.69) is 25.6 Å². The van der Waals surface area contributed by atoms with Gasteiger partial charge in [-0.15, -0.1) is 0 Å². The van der Waals surface area contributed by atoms with E-state index in [0.717, 1.165) is 19.3 Å². The van der Waals surface area contributed by atoms with Crippen LogP contribution in [0.3, 0.4) is 0 Å². The van der Waals surface area contributed by atoms with Crippen LogP contribution in [0.2, 0.25) is 5.02 Å². The molecule has 164 valence electrons. The molecule has 2 aromatic heterocycles. The third-order valence-electron chi connectivity index (χ3n) is 6.07. The first-order valence-electron chi connectivity index (χ1n) is 10.2. The molecule has 0 spiro atoms. The maximum atomic E-state index is 11.7. The molecule has 3 N–H and O–H groups in total. The highest BCUT2D eigenvalue weighted by atomic mass is 35.5. The second-order valence-corrected chi connectivity index (χ2v) is 10.8. The Morgan fingerprint density at radius 1 is 1.20 bits per heavy atom. The monoisotopic (exact) mass is 454 g/mol. The molecule has 9 nitrogen and oxygen atoms in total. The molecular formula is C19H27ClN6O3S. The average Bonchev–Trinajstić information content (AvgIpc) is 3.02. The van der Waals surface area contributed by atoms with Crippen LogP contribution in [-0.2, 0) is 10.0 Å². The molecule has 11 heteroatoms. The third kappa shape index (κ3) is 4.46.